The molecule has 2 fully saturated rings. The standard InChI is InChI=1S/C24H31N5O2/c1-31-21-9-6-20(7-10-21)8-13-24(30)29-18-16-28(17-19-29)23-12-11-22(25-26-23)27-14-4-2-3-5-15-27/h6-13H,2-5,14-19H2,1H3/b13-8+. The smallest absolute Gasteiger partial charge is 0.246 e. The molecule has 0 N–H and O–H groups in total. The number of carbonyl (C=O) groups is 1. The quantitative estimate of drug-likeness (QED) is 0.691. The van der Waals surface area contributed by atoms with E-state index in [0.29, 0.717) is 13.1 Å². The van der Waals surface area contributed by atoms with E-state index in [1.54, 1.807) is 13.2 Å². The van der Waals surface area contributed by atoms with Crippen molar-refractivity contribution in [2.75, 3.05) is 56.2 Å². The van der Waals surface area contributed by atoms with Crippen LogP contribution < -0.4 is 14.5 Å². The first-order valence-corrected chi connectivity index (χ1v) is 11.2. The summed E-state index contributed by atoms with van der Waals surface area (Å²) in [7, 11) is 1.64. The average Bonchev–Trinajstić information content (AvgIpc) is 3.13. The molecule has 1 aromatic heterocycles. The van der Waals surface area contributed by atoms with Crippen molar-refractivity contribution in [1.82, 2.24) is 15.1 Å². The summed E-state index contributed by atoms with van der Waals surface area (Å²) in [5.74, 6) is 2.71. The molecule has 1 aromatic carbocycles. The Morgan fingerprint density at radius 2 is 1.39 bits per heavy atom. The molecule has 0 unspecified atom stereocenters. The minimum atomic E-state index is 0.0399. The maximum atomic E-state index is 12.5. The summed E-state index contributed by atoms with van der Waals surface area (Å²) in [6.45, 7) is 5.03. The van der Waals surface area contributed by atoms with Crippen LogP contribution in [-0.4, -0.2) is 67.4 Å². The molecule has 0 bridgehead atoms. The van der Waals surface area contributed by atoms with Gasteiger partial charge in [-0.15, -0.1) is 10.2 Å². The van der Waals surface area contributed by atoms with Gasteiger partial charge in [0.25, 0.3) is 0 Å². The Labute approximate surface area is 184 Å². The van der Waals surface area contributed by atoms with Gasteiger partial charge in [0, 0.05) is 45.3 Å². The summed E-state index contributed by atoms with van der Waals surface area (Å²) in [6, 6.07) is 11.8. The lowest BCUT2D eigenvalue weighted by atomic mass is 10.2. The Morgan fingerprint density at radius 3 is 1.94 bits per heavy atom. The number of piperazine rings is 1. The van der Waals surface area contributed by atoms with Gasteiger partial charge in [0.1, 0.15) is 5.75 Å². The number of benzene rings is 1. The van der Waals surface area contributed by atoms with E-state index < -0.39 is 0 Å². The predicted molar refractivity (Wildman–Crippen MR) is 124 cm³/mol. The number of amides is 1. The molecule has 2 aliphatic rings. The van der Waals surface area contributed by atoms with Gasteiger partial charge in [0.2, 0.25) is 5.91 Å². The van der Waals surface area contributed by atoms with Crippen molar-refractivity contribution in [3.8, 4) is 5.75 Å². The average molecular weight is 422 g/mol. The number of carbonyl (C=O) groups excluding carboxylic acids is 1. The highest BCUT2D eigenvalue weighted by atomic mass is 16.5. The van der Waals surface area contributed by atoms with Crippen LogP contribution in [0, 0.1) is 0 Å². The van der Waals surface area contributed by atoms with Crippen molar-refractivity contribution in [1.29, 1.82) is 0 Å². The zero-order chi connectivity index (χ0) is 21.5. The van der Waals surface area contributed by atoms with E-state index in [0.717, 1.165) is 49.1 Å². The molecule has 0 saturated carbocycles. The molecule has 7 heteroatoms. The van der Waals surface area contributed by atoms with Crippen molar-refractivity contribution in [3.05, 3.63) is 48.0 Å². The second-order valence-electron chi connectivity index (χ2n) is 8.07. The highest BCUT2D eigenvalue weighted by Gasteiger charge is 2.21. The first-order valence-electron chi connectivity index (χ1n) is 11.2. The molecular weight excluding hydrogens is 390 g/mol. The topological polar surface area (TPSA) is 61.8 Å². The lowest BCUT2D eigenvalue weighted by molar-refractivity contribution is -0.126. The molecule has 31 heavy (non-hydrogen) atoms. The third kappa shape index (κ3) is 5.54. The third-order valence-electron chi connectivity index (χ3n) is 6.02. The number of nitrogens with zero attached hydrogens (tertiary/aromatic N) is 5. The van der Waals surface area contributed by atoms with Crippen molar-refractivity contribution < 1.29 is 9.53 Å². The Bertz CT molecular complexity index is 866. The minimum absolute atomic E-state index is 0.0399. The predicted octanol–water partition coefficient (Wildman–Crippen LogP) is 3.23. The number of aromatic nitrogens is 2. The summed E-state index contributed by atoms with van der Waals surface area (Å²) in [4.78, 5) is 19.0. The Balaban J connectivity index is 1.28. The van der Waals surface area contributed by atoms with Gasteiger partial charge in [-0.2, -0.15) is 0 Å². The molecule has 3 heterocycles. The zero-order valence-corrected chi connectivity index (χ0v) is 18.2. The Morgan fingerprint density at radius 1 is 0.806 bits per heavy atom. The molecule has 2 aromatic rings. The van der Waals surface area contributed by atoms with Gasteiger partial charge in [-0.05, 0) is 48.7 Å². The summed E-state index contributed by atoms with van der Waals surface area (Å²) in [6.07, 6.45) is 8.56. The minimum Gasteiger partial charge on any atom is -0.497 e. The van der Waals surface area contributed by atoms with Crippen LogP contribution in [0.5, 0.6) is 5.75 Å². The van der Waals surface area contributed by atoms with E-state index in [4.69, 9.17) is 4.74 Å². The van der Waals surface area contributed by atoms with Crippen LogP contribution in [0.25, 0.3) is 6.08 Å². The number of anilines is 2. The van der Waals surface area contributed by atoms with E-state index in [1.807, 2.05) is 35.2 Å². The maximum absolute atomic E-state index is 12.5. The SMILES string of the molecule is COc1ccc(/C=C/C(=O)N2CCN(c3ccc(N4CCCCCC4)nn3)CC2)cc1. The molecule has 2 aliphatic heterocycles. The van der Waals surface area contributed by atoms with Crippen LogP contribution in [-0.2, 0) is 4.79 Å². The summed E-state index contributed by atoms with van der Waals surface area (Å²) in [5, 5.41) is 8.96. The molecule has 0 atom stereocenters. The lowest BCUT2D eigenvalue weighted by Gasteiger charge is -2.34. The van der Waals surface area contributed by atoms with E-state index in [-0.39, 0.29) is 5.91 Å². The van der Waals surface area contributed by atoms with Gasteiger partial charge in [-0.25, -0.2) is 0 Å². The van der Waals surface area contributed by atoms with Gasteiger partial charge in [-0.3, -0.25) is 4.79 Å². The molecule has 0 aliphatic carbocycles. The molecule has 164 valence electrons. The van der Waals surface area contributed by atoms with Crippen molar-refractivity contribution >= 4 is 23.6 Å². The maximum Gasteiger partial charge on any atom is 0.246 e. The van der Waals surface area contributed by atoms with E-state index in [2.05, 4.69) is 32.1 Å². The van der Waals surface area contributed by atoms with Crippen molar-refractivity contribution in [3.63, 3.8) is 0 Å². The molecule has 0 spiro atoms. The highest BCUT2D eigenvalue weighted by Crippen LogP contribution is 2.20. The number of methoxy groups -OCH3 is 1. The number of ether oxygens (including phenoxy) is 1. The van der Waals surface area contributed by atoms with Gasteiger partial charge in [0.15, 0.2) is 11.6 Å². The summed E-state index contributed by atoms with van der Waals surface area (Å²) < 4.78 is 5.16. The number of hydrogen-bond donors (Lipinski definition) is 0. The normalized spacial score (nSPS) is 17.6. The Hall–Kier alpha value is -3.09. The van der Waals surface area contributed by atoms with Crippen LogP contribution in [0.3, 0.4) is 0 Å². The molecule has 7 nitrogen and oxygen atoms in total. The van der Waals surface area contributed by atoms with Crippen LogP contribution in [0.15, 0.2) is 42.5 Å². The van der Waals surface area contributed by atoms with Gasteiger partial charge in [0.05, 0.1) is 7.11 Å². The first-order chi connectivity index (χ1) is 15.2. The largest absolute Gasteiger partial charge is 0.497 e. The summed E-state index contributed by atoms with van der Waals surface area (Å²) in [5.41, 5.74) is 0.979. The highest BCUT2D eigenvalue weighted by molar-refractivity contribution is 5.92. The van der Waals surface area contributed by atoms with E-state index in [1.165, 1.54) is 25.7 Å². The summed E-state index contributed by atoms with van der Waals surface area (Å²) >= 11 is 0. The first kappa shape index (κ1) is 21.2. The van der Waals surface area contributed by atoms with E-state index >= 15 is 0 Å². The second-order valence-corrected chi connectivity index (χ2v) is 8.07. The van der Waals surface area contributed by atoms with Crippen molar-refractivity contribution in [2.24, 2.45) is 0 Å². The van der Waals surface area contributed by atoms with Crippen LogP contribution in [0.2, 0.25) is 0 Å². The fourth-order valence-electron chi connectivity index (χ4n) is 4.10. The Kier molecular flexibility index (Phi) is 7.02. The van der Waals surface area contributed by atoms with Crippen LogP contribution in [0.1, 0.15) is 31.2 Å². The molecule has 0 radical (unpaired) electrons. The fourth-order valence-corrected chi connectivity index (χ4v) is 4.10. The van der Waals surface area contributed by atoms with Crippen molar-refractivity contribution in [2.45, 2.75) is 25.7 Å². The molecule has 2 saturated heterocycles. The van der Waals surface area contributed by atoms with Gasteiger partial charge < -0.3 is 19.4 Å². The third-order valence-corrected chi connectivity index (χ3v) is 6.02. The van der Waals surface area contributed by atoms with Crippen LogP contribution in [0.4, 0.5) is 11.6 Å². The number of hydrogen-bond acceptors (Lipinski definition) is 6. The molecule has 1 amide bonds. The van der Waals surface area contributed by atoms with E-state index in [9.17, 15) is 4.79 Å². The lowest BCUT2D eigenvalue weighted by Crippen LogP contribution is -2.48. The zero-order valence-electron chi connectivity index (χ0n) is 18.2. The van der Waals surface area contributed by atoms with Gasteiger partial charge in [-0.1, -0.05) is 25.0 Å². The van der Waals surface area contributed by atoms with Gasteiger partial charge >= 0.3 is 0 Å². The second kappa shape index (κ2) is 10.3. The fraction of sp³-hybridized carbons (Fsp3) is 0.458. The number of rotatable bonds is 5. The monoisotopic (exact) mass is 421 g/mol. The van der Waals surface area contributed by atoms with Crippen LogP contribution >= 0.6 is 0 Å². The molecular formula is C24H31N5O2. The molecule has 4 rings (SSSR count).